The minimum atomic E-state index is -0.579. The number of carbonyl (C=O) groups is 1. The van der Waals surface area contributed by atoms with Gasteiger partial charge in [0, 0.05) is 13.1 Å². The van der Waals surface area contributed by atoms with E-state index in [1.807, 2.05) is 24.8 Å². The topological polar surface area (TPSA) is 71.2 Å². The van der Waals surface area contributed by atoms with Crippen molar-refractivity contribution in [3.8, 4) is 0 Å². The second-order valence-electron chi connectivity index (χ2n) is 4.73. The van der Waals surface area contributed by atoms with Crippen LogP contribution in [0.4, 0.5) is 5.69 Å². The first-order chi connectivity index (χ1) is 8.43. The van der Waals surface area contributed by atoms with Crippen LogP contribution in [0.15, 0.2) is 18.3 Å². The molecule has 0 unspecified atom stereocenters. The zero-order valence-corrected chi connectivity index (χ0v) is 11.3. The van der Waals surface area contributed by atoms with E-state index in [0.717, 1.165) is 12.2 Å². The van der Waals surface area contributed by atoms with Crippen LogP contribution in [0.2, 0.25) is 0 Å². The second-order valence-corrected chi connectivity index (χ2v) is 5.17. The summed E-state index contributed by atoms with van der Waals surface area (Å²) < 4.78 is 0. The van der Waals surface area contributed by atoms with Crippen LogP contribution in [0.1, 0.15) is 19.5 Å². The van der Waals surface area contributed by atoms with Crippen molar-refractivity contribution in [3.63, 3.8) is 0 Å². The van der Waals surface area contributed by atoms with E-state index in [2.05, 4.69) is 10.3 Å². The van der Waals surface area contributed by atoms with Gasteiger partial charge >= 0.3 is 0 Å². The number of hydrogen-bond donors (Lipinski definition) is 2. The fourth-order valence-electron chi connectivity index (χ4n) is 2.04. The molecule has 0 aromatic carbocycles. The number of piperazine rings is 1. The van der Waals surface area contributed by atoms with Gasteiger partial charge in [-0.1, -0.05) is 12.2 Å². The number of hydrogen-bond acceptors (Lipinski definition) is 4. The van der Waals surface area contributed by atoms with E-state index in [1.165, 1.54) is 0 Å². The summed E-state index contributed by atoms with van der Waals surface area (Å²) >= 11 is 4.86. The van der Waals surface area contributed by atoms with E-state index in [4.69, 9.17) is 18.0 Å². The SMILES string of the molecule is CC1(C)C(=O)NCCN1c1ccc(C(N)=S)nc1. The quantitative estimate of drug-likeness (QED) is 0.758. The molecule has 0 spiro atoms. The van der Waals surface area contributed by atoms with E-state index in [1.54, 1.807) is 12.3 Å². The van der Waals surface area contributed by atoms with Crippen LogP contribution in [0, 0.1) is 0 Å². The summed E-state index contributed by atoms with van der Waals surface area (Å²) in [5.74, 6) is 0.0205. The summed E-state index contributed by atoms with van der Waals surface area (Å²) in [5, 5.41) is 2.86. The Bertz CT molecular complexity index is 483. The molecular weight excluding hydrogens is 248 g/mol. The highest BCUT2D eigenvalue weighted by Gasteiger charge is 2.37. The van der Waals surface area contributed by atoms with E-state index in [9.17, 15) is 4.79 Å². The first kappa shape index (κ1) is 12.8. The van der Waals surface area contributed by atoms with Crippen LogP contribution in [0.25, 0.3) is 0 Å². The highest BCUT2D eigenvalue weighted by Crippen LogP contribution is 2.25. The van der Waals surface area contributed by atoms with Gasteiger partial charge in [-0.2, -0.15) is 0 Å². The van der Waals surface area contributed by atoms with Gasteiger partial charge in [0.25, 0.3) is 0 Å². The average Bonchev–Trinajstić information content (AvgIpc) is 2.33. The number of amides is 1. The van der Waals surface area contributed by atoms with Crippen molar-refractivity contribution in [2.45, 2.75) is 19.4 Å². The third-order valence-electron chi connectivity index (χ3n) is 3.16. The van der Waals surface area contributed by atoms with Gasteiger partial charge in [-0.05, 0) is 26.0 Å². The van der Waals surface area contributed by atoms with E-state index in [-0.39, 0.29) is 10.9 Å². The van der Waals surface area contributed by atoms with Crippen LogP contribution < -0.4 is 16.0 Å². The first-order valence-corrected chi connectivity index (χ1v) is 6.15. The van der Waals surface area contributed by atoms with Gasteiger partial charge in [0.05, 0.1) is 17.6 Å². The fraction of sp³-hybridized carbons (Fsp3) is 0.417. The molecular formula is C12H16N4OS. The molecule has 3 N–H and O–H groups in total. The van der Waals surface area contributed by atoms with E-state index >= 15 is 0 Å². The zero-order valence-electron chi connectivity index (χ0n) is 10.4. The molecule has 96 valence electrons. The van der Waals surface area contributed by atoms with Gasteiger partial charge in [-0.3, -0.25) is 9.78 Å². The van der Waals surface area contributed by atoms with Crippen molar-refractivity contribution in [3.05, 3.63) is 24.0 Å². The molecule has 18 heavy (non-hydrogen) atoms. The maximum Gasteiger partial charge on any atom is 0.245 e. The Morgan fingerprint density at radius 2 is 2.28 bits per heavy atom. The van der Waals surface area contributed by atoms with Gasteiger partial charge in [-0.25, -0.2) is 0 Å². The molecule has 1 aliphatic rings. The number of nitrogens with two attached hydrogens (primary N) is 1. The second kappa shape index (κ2) is 4.53. The third kappa shape index (κ3) is 2.15. The normalized spacial score (nSPS) is 18.3. The lowest BCUT2D eigenvalue weighted by atomic mass is 9.98. The molecule has 1 aromatic rings. The number of thiocarbonyl (C=S) groups is 1. The number of nitrogens with one attached hydrogen (secondary N) is 1. The number of anilines is 1. The maximum atomic E-state index is 11.9. The van der Waals surface area contributed by atoms with Crippen molar-refractivity contribution in [1.82, 2.24) is 10.3 Å². The molecule has 0 atom stereocenters. The first-order valence-electron chi connectivity index (χ1n) is 5.75. The molecule has 2 heterocycles. The van der Waals surface area contributed by atoms with Crippen molar-refractivity contribution >= 4 is 28.8 Å². The molecule has 0 radical (unpaired) electrons. The minimum absolute atomic E-state index is 0.0205. The highest BCUT2D eigenvalue weighted by molar-refractivity contribution is 7.80. The molecule has 0 aliphatic carbocycles. The number of pyridine rings is 1. The van der Waals surface area contributed by atoms with Crippen molar-refractivity contribution < 1.29 is 4.79 Å². The van der Waals surface area contributed by atoms with Crippen LogP contribution in [-0.2, 0) is 4.79 Å². The Kier molecular flexibility index (Phi) is 3.21. The van der Waals surface area contributed by atoms with Crippen LogP contribution in [0.5, 0.6) is 0 Å². The molecule has 5 nitrogen and oxygen atoms in total. The molecule has 0 bridgehead atoms. The van der Waals surface area contributed by atoms with E-state index in [0.29, 0.717) is 12.2 Å². The highest BCUT2D eigenvalue weighted by atomic mass is 32.1. The molecule has 1 amide bonds. The van der Waals surface area contributed by atoms with Gasteiger partial charge in [0.2, 0.25) is 5.91 Å². The van der Waals surface area contributed by atoms with Gasteiger partial charge in [0.1, 0.15) is 10.5 Å². The summed E-state index contributed by atoms with van der Waals surface area (Å²) in [6.45, 7) is 5.18. The third-order valence-corrected chi connectivity index (χ3v) is 3.37. The summed E-state index contributed by atoms with van der Waals surface area (Å²) in [6, 6.07) is 3.67. The Morgan fingerprint density at radius 1 is 1.56 bits per heavy atom. The number of aromatic nitrogens is 1. The van der Waals surface area contributed by atoms with E-state index < -0.39 is 5.54 Å². The Hall–Kier alpha value is -1.69. The standard InChI is InChI=1S/C12H16N4OS/c1-12(2)11(17)14-5-6-16(12)8-3-4-9(10(13)18)15-7-8/h3-4,7H,5-6H2,1-2H3,(H2,13,18)(H,14,17). The predicted molar refractivity (Wildman–Crippen MR) is 74.6 cm³/mol. The monoisotopic (exact) mass is 264 g/mol. The zero-order chi connectivity index (χ0) is 13.3. The van der Waals surface area contributed by atoms with Crippen molar-refractivity contribution in [2.24, 2.45) is 5.73 Å². The van der Waals surface area contributed by atoms with Gasteiger partial charge < -0.3 is 16.0 Å². The summed E-state index contributed by atoms with van der Waals surface area (Å²) in [5.41, 5.74) is 6.42. The van der Waals surface area contributed by atoms with Crippen LogP contribution in [0.3, 0.4) is 0 Å². The summed E-state index contributed by atoms with van der Waals surface area (Å²) in [6.07, 6.45) is 1.70. The largest absolute Gasteiger partial charge is 0.388 e. The molecule has 1 aliphatic heterocycles. The minimum Gasteiger partial charge on any atom is -0.388 e. The molecule has 1 aromatic heterocycles. The van der Waals surface area contributed by atoms with Crippen molar-refractivity contribution in [1.29, 1.82) is 0 Å². The molecule has 2 rings (SSSR count). The average molecular weight is 264 g/mol. The van der Waals surface area contributed by atoms with Gasteiger partial charge in [-0.15, -0.1) is 0 Å². The lowest BCUT2D eigenvalue weighted by Gasteiger charge is -2.42. The van der Waals surface area contributed by atoms with Crippen LogP contribution in [-0.4, -0.2) is 34.5 Å². The van der Waals surface area contributed by atoms with Gasteiger partial charge in [0.15, 0.2) is 0 Å². The molecule has 6 heteroatoms. The van der Waals surface area contributed by atoms with Crippen molar-refractivity contribution in [2.75, 3.05) is 18.0 Å². The van der Waals surface area contributed by atoms with Crippen LogP contribution >= 0.6 is 12.2 Å². The Balaban J connectivity index is 2.30. The predicted octanol–water partition coefficient (Wildman–Crippen LogP) is 0.431. The summed E-state index contributed by atoms with van der Waals surface area (Å²) in [4.78, 5) is 18.4. The Labute approximate surface area is 111 Å². The number of nitrogens with zero attached hydrogens (tertiary/aromatic N) is 2. The smallest absolute Gasteiger partial charge is 0.245 e. The number of rotatable bonds is 2. The lowest BCUT2D eigenvalue weighted by molar-refractivity contribution is -0.126. The number of carbonyl (C=O) groups excluding carboxylic acids is 1. The summed E-state index contributed by atoms with van der Waals surface area (Å²) in [7, 11) is 0. The molecule has 1 fully saturated rings. The fourth-order valence-corrected chi connectivity index (χ4v) is 2.16. The molecule has 0 saturated carbocycles. The maximum absolute atomic E-state index is 11.9. The Morgan fingerprint density at radius 3 is 2.83 bits per heavy atom. The lowest BCUT2D eigenvalue weighted by Crippen LogP contribution is -2.62. The molecule has 1 saturated heterocycles.